The van der Waals surface area contributed by atoms with E-state index in [1.807, 2.05) is 4.90 Å². The highest BCUT2D eigenvalue weighted by Gasteiger charge is 2.32. The highest BCUT2D eigenvalue weighted by Crippen LogP contribution is 2.27. The number of amides is 1. The van der Waals surface area contributed by atoms with Crippen LogP contribution in [0.1, 0.15) is 37.3 Å². The highest BCUT2D eigenvalue weighted by molar-refractivity contribution is 5.83. The van der Waals surface area contributed by atoms with Gasteiger partial charge in [-0.25, -0.2) is 4.39 Å². The first-order chi connectivity index (χ1) is 11.6. The Kier molecular flexibility index (Phi) is 5.85. The molecule has 0 aliphatic carbocycles. The van der Waals surface area contributed by atoms with Crippen molar-refractivity contribution in [3.63, 3.8) is 0 Å². The molecule has 2 heterocycles. The monoisotopic (exact) mass is 333 g/mol. The molecular formula is C19H28FN3O. The fraction of sp³-hybridized carbons (Fsp3) is 0.632. The van der Waals surface area contributed by atoms with Crippen molar-refractivity contribution in [2.75, 3.05) is 46.3 Å². The third-order valence-electron chi connectivity index (χ3n) is 5.21. The Hall–Kier alpha value is -1.46. The van der Waals surface area contributed by atoms with Gasteiger partial charge in [-0.05, 0) is 63.6 Å². The molecule has 1 amide bonds. The van der Waals surface area contributed by atoms with E-state index < -0.39 is 0 Å². The maximum Gasteiger partial charge on any atom is 0.244 e. The standard InChI is InChI=1S/C19H28FN3O/c1-21-10-5-13-23(15-14-21)19(24)18(22-11-3-2-4-12-22)16-6-8-17(20)9-7-16/h6-9,18H,2-5,10-15H2,1H3/t18-/m1/s1. The zero-order valence-corrected chi connectivity index (χ0v) is 14.6. The molecule has 1 aromatic rings. The van der Waals surface area contributed by atoms with Gasteiger partial charge in [0.2, 0.25) is 5.91 Å². The number of nitrogens with zero attached hydrogens (tertiary/aromatic N) is 3. The van der Waals surface area contributed by atoms with Gasteiger partial charge in [0.1, 0.15) is 11.9 Å². The summed E-state index contributed by atoms with van der Waals surface area (Å²) in [4.78, 5) is 19.9. The van der Waals surface area contributed by atoms with Crippen molar-refractivity contribution >= 4 is 5.91 Å². The number of carbonyl (C=O) groups excluding carboxylic acids is 1. The van der Waals surface area contributed by atoms with E-state index in [4.69, 9.17) is 0 Å². The summed E-state index contributed by atoms with van der Waals surface area (Å²) >= 11 is 0. The molecule has 3 rings (SSSR count). The Bertz CT molecular complexity index is 542. The van der Waals surface area contributed by atoms with Crippen molar-refractivity contribution in [3.8, 4) is 0 Å². The molecule has 0 spiro atoms. The number of piperidine rings is 1. The number of likely N-dealkylation sites (tertiary alicyclic amines) is 1. The van der Waals surface area contributed by atoms with Crippen LogP contribution in [0.4, 0.5) is 4.39 Å². The number of halogens is 1. The lowest BCUT2D eigenvalue weighted by Crippen LogP contribution is -2.46. The molecule has 1 atom stereocenters. The predicted molar refractivity (Wildman–Crippen MR) is 93.3 cm³/mol. The highest BCUT2D eigenvalue weighted by atomic mass is 19.1. The largest absolute Gasteiger partial charge is 0.340 e. The van der Waals surface area contributed by atoms with Crippen molar-refractivity contribution in [1.29, 1.82) is 0 Å². The van der Waals surface area contributed by atoms with Gasteiger partial charge in [0, 0.05) is 19.6 Å². The number of benzene rings is 1. The maximum absolute atomic E-state index is 13.3. The third-order valence-corrected chi connectivity index (χ3v) is 5.21. The Labute approximate surface area is 144 Å². The second-order valence-electron chi connectivity index (χ2n) is 7.03. The van der Waals surface area contributed by atoms with E-state index in [9.17, 15) is 9.18 Å². The van der Waals surface area contributed by atoms with Crippen LogP contribution < -0.4 is 0 Å². The van der Waals surface area contributed by atoms with Crippen LogP contribution in [0, 0.1) is 5.82 Å². The second kappa shape index (κ2) is 8.08. The van der Waals surface area contributed by atoms with E-state index >= 15 is 0 Å². The fourth-order valence-corrected chi connectivity index (χ4v) is 3.77. The summed E-state index contributed by atoms with van der Waals surface area (Å²) in [6.45, 7) is 5.44. The molecule has 0 bridgehead atoms. The summed E-state index contributed by atoms with van der Waals surface area (Å²) in [7, 11) is 2.11. The van der Waals surface area contributed by atoms with Gasteiger partial charge in [0.15, 0.2) is 0 Å². The number of rotatable bonds is 3. The lowest BCUT2D eigenvalue weighted by atomic mass is 10.00. The minimum atomic E-state index is -0.269. The summed E-state index contributed by atoms with van der Waals surface area (Å²) in [6, 6.07) is 6.22. The number of hydrogen-bond donors (Lipinski definition) is 0. The third kappa shape index (κ3) is 4.14. The van der Waals surface area contributed by atoms with Gasteiger partial charge in [0.25, 0.3) is 0 Å². The fourth-order valence-electron chi connectivity index (χ4n) is 3.77. The Balaban J connectivity index is 1.82. The van der Waals surface area contributed by atoms with Crippen molar-refractivity contribution in [2.24, 2.45) is 0 Å². The molecular weight excluding hydrogens is 305 g/mol. The number of likely N-dealkylation sites (N-methyl/N-ethyl adjacent to an activating group) is 1. The van der Waals surface area contributed by atoms with Gasteiger partial charge in [-0.15, -0.1) is 0 Å². The summed E-state index contributed by atoms with van der Waals surface area (Å²) < 4.78 is 13.3. The van der Waals surface area contributed by atoms with Crippen molar-refractivity contribution in [1.82, 2.24) is 14.7 Å². The summed E-state index contributed by atoms with van der Waals surface area (Å²) in [5.41, 5.74) is 0.918. The average molecular weight is 333 g/mol. The SMILES string of the molecule is CN1CCCN(C(=O)[C@@H](c2ccc(F)cc2)N2CCCCC2)CC1. The van der Waals surface area contributed by atoms with Crippen molar-refractivity contribution in [3.05, 3.63) is 35.6 Å². The van der Waals surface area contributed by atoms with E-state index in [1.165, 1.54) is 18.6 Å². The van der Waals surface area contributed by atoms with Gasteiger partial charge in [-0.2, -0.15) is 0 Å². The van der Waals surface area contributed by atoms with Crippen LogP contribution in [-0.4, -0.2) is 66.9 Å². The minimum Gasteiger partial charge on any atom is -0.340 e. The average Bonchev–Trinajstić information content (AvgIpc) is 2.82. The molecule has 5 heteroatoms. The summed E-state index contributed by atoms with van der Waals surface area (Å²) in [6.07, 6.45) is 4.51. The van der Waals surface area contributed by atoms with E-state index in [0.717, 1.165) is 64.1 Å². The molecule has 2 aliphatic heterocycles. The first-order valence-corrected chi connectivity index (χ1v) is 9.12. The van der Waals surface area contributed by atoms with Gasteiger partial charge in [0.05, 0.1) is 0 Å². The van der Waals surface area contributed by atoms with Crippen LogP contribution in [0.15, 0.2) is 24.3 Å². The lowest BCUT2D eigenvalue weighted by molar-refractivity contribution is -0.137. The van der Waals surface area contributed by atoms with E-state index in [0.29, 0.717) is 0 Å². The van der Waals surface area contributed by atoms with E-state index in [2.05, 4.69) is 16.8 Å². The van der Waals surface area contributed by atoms with E-state index in [1.54, 1.807) is 12.1 Å². The van der Waals surface area contributed by atoms with Crippen LogP contribution in [0.2, 0.25) is 0 Å². The molecule has 132 valence electrons. The van der Waals surface area contributed by atoms with Gasteiger partial charge >= 0.3 is 0 Å². The van der Waals surface area contributed by atoms with Crippen LogP contribution in [0.3, 0.4) is 0 Å². The molecule has 2 saturated heterocycles. The zero-order chi connectivity index (χ0) is 16.9. The minimum absolute atomic E-state index is 0.179. The molecule has 2 aliphatic rings. The lowest BCUT2D eigenvalue weighted by Gasteiger charge is -2.36. The Morgan fingerprint density at radius 3 is 2.33 bits per heavy atom. The Morgan fingerprint density at radius 2 is 1.62 bits per heavy atom. The molecule has 0 saturated carbocycles. The van der Waals surface area contributed by atoms with Crippen molar-refractivity contribution < 1.29 is 9.18 Å². The molecule has 0 unspecified atom stereocenters. The molecule has 4 nitrogen and oxygen atoms in total. The first-order valence-electron chi connectivity index (χ1n) is 9.12. The second-order valence-corrected chi connectivity index (χ2v) is 7.03. The van der Waals surface area contributed by atoms with E-state index in [-0.39, 0.29) is 17.8 Å². The van der Waals surface area contributed by atoms with Gasteiger partial charge in [-0.3, -0.25) is 9.69 Å². The summed E-state index contributed by atoms with van der Waals surface area (Å²) in [5, 5.41) is 0. The van der Waals surface area contributed by atoms with Gasteiger partial charge in [-0.1, -0.05) is 18.6 Å². The summed E-state index contributed by atoms with van der Waals surface area (Å²) in [5.74, 6) is -0.0706. The molecule has 0 aromatic heterocycles. The quantitative estimate of drug-likeness (QED) is 0.850. The smallest absolute Gasteiger partial charge is 0.244 e. The van der Waals surface area contributed by atoms with Gasteiger partial charge < -0.3 is 9.80 Å². The van der Waals surface area contributed by atoms with Crippen LogP contribution >= 0.6 is 0 Å². The molecule has 1 aromatic carbocycles. The topological polar surface area (TPSA) is 26.8 Å². The van der Waals surface area contributed by atoms with Crippen LogP contribution in [0.25, 0.3) is 0 Å². The number of carbonyl (C=O) groups is 1. The maximum atomic E-state index is 13.3. The predicted octanol–water partition coefficient (Wildman–Crippen LogP) is 2.52. The Morgan fingerprint density at radius 1 is 0.917 bits per heavy atom. The first kappa shape index (κ1) is 17.4. The molecule has 24 heavy (non-hydrogen) atoms. The molecule has 0 N–H and O–H groups in total. The zero-order valence-electron chi connectivity index (χ0n) is 14.6. The molecule has 0 radical (unpaired) electrons. The molecule has 2 fully saturated rings. The van der Waals surface area contributed by atoms with Crippen LogP contribution in [-0.2, 0) is 4.79 Å². The normalized spacial score (nSPS) is 22.2. The van der Waals surface area contributed by atoms with Crippen molar-refractivity contribution in [2.45, 2.75) is 31.7 Å². The number of hydrogen-bond acceptors (Lipinski definition) is 3. The van der Waals surface area contributed by atoms with Crippen LogP contribution in [0.5, 0.6) is 0 Å².